The van der Waals surface area contributed by atoms with E-state index in [2.05, 4.69) is 30.5 Å². The summed E-state index contributed by atoms with van der Waals surface area (Å²) in [6, 6.07) is 18.0. The molecule has 222 valence electrons. The number of alkyl halides is 3. The van der Waals surface area contributed by atoms with E-state index in [9.17, 15) is 22.4 Å². The van der Waals surface area contributed by atoms with E-state index in [1.165, 1.54) is 45.9 Å². The Morgan fingerprint density at radius 3 is 2.39 bits per heavy atom. The lowest BCUT2D eigenvalue weighted by Crippen LogP contribution is -2.26. The van der Waals surface area contributed by atoms with E-state index in [-0.39, 0.29) is 18.2 Å². The lowest BCUT2D eigenvalue weighted by Gasteiger charge is -2.18. The normalized spacial score (nSPS) is 12.3. The number of benzene rings is 3. The molecule has 0 fully saturated rings. The van der Waals surface area contributed by atoms with Crippen molar-refractivity contribution in [1.82, 2.24) is 35.0 Å². The Morgan fingerprint density at radius 2 is 1.70 bits per heavy atom. The Morgan fingerprint density at radius 1 is 0.932 bits per heavy atom. The second-order valence-electron chi connectivity index (χ2n) is 9.44. The maximum atomic E-state index is 13.6. The lowest BCUT2D eigenvalue weighted by molar-refractivity contribution is -0.274. The van der Waals surface area contributed by atoms with Crippen LogP contribution in [0, 0.1) is 5.82 Å². The van der Waals surface area contributed by atoms with E-state index < -0.39 is 29.5 Å². The van der Waals surface area contributed by atoms with Crippen LogP contribution >= 0.6 is 11.6 Å². The third-order valence-corrected chi connectivity index (χ3v) is 6.79. The second-order valence-corrected chi connectivity index (χ2v) is 9.88. The maximum Gasteiger partial charge on any atom is 0.573 e. The highest BCUT2D eigenvalue weighted by Gasteiger charge is 2.31. The molecule has 0 amide bonds. The number of pyridine rings is 1. The molecule has 0 radical (unpaired) electrons. The molecule has 15 heteroatoms. The number of tetrazole rings is 1. The smallest absolute Gasteiger partial charge is 0.418 e. The first kappa shape index (κ1) is 28.7. The molecule has 0 unspecified atom stereocenters. The Balaban J connectivity index is 1.37. The number of rotatable bonds is 8. The number of hydrogen-bond donors (Lipinski definition) is 0. The van der Waals surface area contributed by atoms with Gasteiger partial charge in [-0.1, -0.05) is 23.7 Å². The zero-order valence-electron chi connectivity index (χ0n) is 22.2. The Kier molecular flexibility index (Phi) is 7.66. The summed E-state index contributed by atoms with van der Waals surface area (Å²) >= 11 is 6.27. The van der Waals surface area contributed by atoms with Gasteiger partial charge in [0.05, 0.1) is 5.69 Å². The SMILES string of the molecule is O=c1cc(-c2cc(Cl)ccc2-n2cnnn2)ccn1[C@@H](Cc1ccc(F)cc1)c1nnc(-c2ccc(OC(F)(F)F)cc2)o1. The molecule has 6 aromatic rings. The third kappa shape index (κ3) is 6.34. The van der Waals surface area contributed by atoms with Crippen LogP contribution in [0.4, 0.5) is 17.6 Å². The molecule has 0 saturated heterocycles. The molecule has 0 N–H and O–H groups in total. The number of nitrogens with zero attached hydrogens (tertiary/aromatic N) is 7. The third-order valence-electron chi connectivity index (χ3n) is 6.55. The number of aromatic nitrogens is 7. The van der Waals surface area contributed by atoms with Crippen molar-refractivity contribution in [3.8, 4) is 34.0 Å². The molecule has 0 aliphatic rings. The van der Waals surface area contributed by atoms with Gasteiger partial charge in [-0.3, -0.25) is 4.79 Å². The number of ether oxygens (including phenoxy) is 1. The molecule has 0 aliphatic heterocycles. The molecule has 3 aromatic heterocycles. The van der Waals surface area contributed by atoms with Crippen molar-refractivity contribution in [2.75, 3.05) is 0 Å². The quantitative estimate of drug-likeness (QED) is 0.188. The van der Waals surface area contributed by atoms with Crippen molar-refractivity contribution in [3.63, 3.8) is 0 Å². The molecule has 10 nitrogen and oxygen atoms in total. The Labute approximate surface area is 250 Å². The minimum absolute atomic E-state index is 0.0114. The summed E-state index contributed by atoms with van der Waals surface area (Å²) in [4.78, 5) is 13.6. The second kappa shape index (κ2) is 11.7. The first-order valence-electron chi connectivity index (χ1n) is 12.8. The molecular weight excluding hydrogens is 606 g/mol. The van der Waals surface area contributed by atoms with E-state index in [4.69, 9.17) is 16.0 Å². The van der Waals surface area contributed by atoms with Gasteiger partial charge in [-0.15, -0.1) is 28.5 Å². The molecule has 3 aromatic carbocycles. The van der Waals surface area contributed by atoms with Crippen LogP contribution in [-0.4, -0.2) is 41.3 Å². The van der Waals surface area contributed by atoms with Gasteiger partial charge < -0.3 is 13.7 Å². The summed E-state index contributed by atoms with van der Waals surface area (Å²) < 4.78 is 63.9. The van der Waals surface area contributed by atoms with Crippen LogP contribution in [0.2, 0.25) is 5.02 Å². The number of hydrogen-bond acceptors (Lipinski definition) is 8. The van der Waals surface area contributed by atoms with Crippen LogP contribution < -0.4 is 10.3 Å². The average Bonchev–Trinajstić information content (AvgIpc) is 3.70. The molecule has 0 spiro atoms. The first-order valence-corrected chi connectivity index (χ1v) is 13.2. The summed E-state index contributed by atoms with van der Waals surface area (Å²) in [7, 11) is 0. The van der Waals surface area contributed by atoms with Gasteiger partial charge in [-0.05, 0) is 82.2 Å². The minimum atomic E-state index is -4.84. The van der Waals surface area contributed by atoms with Crippen molar-refractivity contribution in [1.29, 1.82) is 0 Å². The zero-order valence-corrected chi connectivity index (χ0v) is 22.9. The molecule has 44 heavy (non-hydrogen) atoms. The predicted octanol–water partition coefficient (Wildman–Crippen LogP) is 6.06. The predicted molar refractivity (Wildman–Crippen MR) is 149 cm³/mol. The summed E-state index contributed by atoms with van der Waals surface area (Å²) in [5, 5.41) is 19.9. The fourth-order valence-corrected chi connectivity index (χ4v) is 4.73. The number of halogens is 5. The highest BCUT2D eigenvalue weighted by molar-refractivity contribution is 6.31. The Bertz CT molecular complexity index is 1960. The van der Waals surface area contributed by atoms with Crippen LogP contribution in [0.15, 0.2) is 101 Å². The first-order chi connectivity index (χ1) is 21.1. The molecule has 0 bridgehead atoms. The molecule has 0 saturated carbocycles. The highest BCUT2D eigenvalue weighted by Crippen LogP contribution is 2.31. The molecule has 3 heterocycles. The van der Waals surface area contributed by atoms with Crippen LogP contribution in [0.1, 0.15) is 17.5 Å². The largest absolute Gasteiger partial charge is 0.573 e. The fourth-order valence-electron chi connectivity index (χ4n) is 4.56. The van der Waals surface area contributed by atoms with E-state index >= 15 is 0 Å². The summed E-state index contributed by atoms with van der Waals surface area (Å²) in [6.45, 7) is 0. The van der Waals surface area contributed by atoms with Crippen LogP contribution in [0.25, 0.3) is 28.3 Å². The molecular formula is C29H18ClF4N7O3. The van der Waals surface area contributed by atoms with E-state index in [1.807, 2.05) is 0 Å². The van der Waals surface area contributed by atoms with Gasteiger partial charge in [-0.2, -0.15) is 4.68 Å². The highest BCUT2D eigenvalue weighted by atomic mass is 35.5. The van der Waals surface area contributed by atoms with Gasteiger partial charge in [0, 0.05) is 34.8 Å². The minimum Gasteiger partial charge on any atom is -0.418 e. The summed E-state index contributed by atoms with van der Waals surface area (Å²) in [6.07, 6.45) is -1.69. The topological polar surface area (TPSA) is 114 Å². The van der Waals surface area contributed by atoms with Gasteiger partial charge in [0.25, 0.3) is 5.56 Å². The zero-order chi connectivity index (χ0) is 30.8. The van der Waals surface area contributed by atoms with Crippen LogP contribution in [0.3, 0.4) is 0 Å². The van der Waals surface area contributed by atoms with Gasteiger partial charge >= 0.3 is 6.36 Å². The van der Waals surface area contributed by atoms with Gasteiger partial charge in [0.15, 0.2) is 0 Å². The summed E-state index contributed by atoms with van der Waals surface area (Å²) in [5.41, 5.74) is 2.31. The van der Waals surface area contributed by atoms with Crippen molar-refractivity contribution in [3.05, 3.63) is 124 Å². The van der Waals surface area contributed by atoms with Gasteiger partial charge in [-0.25, -0.2) is 4.39 Å². The molecule has 0 aliphatic carbocycles. The van der Waals surface area contributed by atoms with Crippen molar-refractivity contribution in [2.45, 2.75) is 18.8 Å². The van der Waals surface area contributed by atoms with E-state index in [1.54, 1.807) is 42.6 Å². The van der Waals surface area contributed by atoms with Crippen LogP contribution in [-0.2, 0) is 6.42 Å². The Hall–Kier alpha value is -5.37. The molecule has 1 atom stereocenters. The molecule has 6 rings (SSSR count). The van der Waals surface area contributed by atoms with Crippen molar-refractivity contribution >= 4 is 11.6 Å². The standard InChI is InChI=1S/C29H18ClF4N7O3/c30-20-5-10-24(41-16-35-38-39-41)23(15-20)19-11-12-40(26(42)14-19)25(13-17-1-6-21(31)7-2-17)28-37-36-27(43-28)18-3-8-22(9-4-18)44-29(32,33)34/h1-12,14-16,25H,13H2/t25-/m0/s1. The maximum absolute atomic E-state index is 13.6. The lowest BCUT2D eigenvalue weighted by atomic mass is 10.0. The monoisotopic (exact) mass is 623 g/mol. The van der Waals surface area contributed by atoms with E-state index in [0.717, 1.165) is 12.1 Å². The van der Waals surface area contributed by atoms with Gasteiger partial charge in [0.1, 0.15) is 23.9 Å². The van der Waals surface area contributed by atoms with Gasteiger partial charge in [0.2, 0.25) is 11.8 Å². The van der Waals surface area contributed by atoms with Crippen molar-refractivity contribution < 1.29 is 26.7 Å². The van der Waals surface area contributed by atoms with Crippen molar-refractivity contribution in [2.24, 2.45) is 0 Å². The van der Waals surface area contributed by atoms with Crippen LogP contribution in [0.5, 0.6) is 5.75 Å². The van der Waals surface area contributed by atoms with E-state index in [0.29, 0.717) is 33.0 Å². The average molecular weight is 624 g/mol. The fraction of sp³-hybridized carbons (Fsp3) is 0.103. The summed E-state index contributed by atoms with van der Waals surface area (Å²) in [5.74, 6) is -0.779.